The van der Waals surface area contributed by atoms with Crippen LogP contribution in [0.5, 0.6) is 0 Å². The molecule has 7 nitrogen and oxygen atoms in total. The molecule has 2 aromatic heterocycles. The first-order valence-corrected chi connectivity index (χ1v) is 8.49. The Kier molecular flexibility index (Phi) is 4.83. The van der Waals surface area contributed by atoms with Crippen LogP contribution >= 0.6 is 0 Å². The highest BCUT2D eigenvalue weighted by Crippen LogP contribution is 2.25. The fraction of sp³-hybridized carbons (Fsp3) is 0.444. The molecule has 1 aliphatic heterocycles. The molecule has 132 valence electrons. The summed E-state index contributed by atoms with van der Waals surface area (Å²) in [4.78, 5) is 27.3. The molecule has 2 aromatic rings. The molecule has 3 heterocycles. The van der Waals surface area contributed by atoms with Gasteiger partial charge in [0.05, 0.1) is 0 Å². The normalized spacial score (nSPS) is 16.8. The third-order valence-electron chi connectivity index (χ3n) is 4.55. The van der Waals surface area contributed by atoms with E-state index in [9.17, 15) is 4.79 Å². The number of aromatic nitrogens is 3. The molecule has 0 radical (unpaired) electrons. The summed E-state index contributed by atoms with van der Waals surface area (Å²) in [7, 11) is 1.59. The van der Waals surface area contributed by atoms with Crippen molar-refractivity contribution in [3.05, 3.63) is 41.0 Å². The van der Waals surface area contributed by atoms with Crippen molar-refractivity contribution in [2.75, 3.05) is 30.4 Å². The maximum atomic E-state index is 11.9. The van der Waals surface area contributed by atoms with Gasteiger partial charge in [-0.05, 0) is 44.9 Å². The molecule has 0 unspecified atom stereocenters. The third-order valence-corrected chi connectivity index (χ3v) is 4.55. The molecule has 0 bridgehead atoms. The van der Waals surface area contributed by atoms with E-state index in [0.29, 0.717) is 6.04 Å². The first-order valence-electron chi connectivity index (χ1n) is 8.49. The van der Waals surface area contributed by atoms with Crippen LogP contribution < -0.4 is 15.5 Å². The summed E-state index contributed by atoms with van der Waals surface area (Å²) in [6.07, 6.45) is 2.81. The molecule has 7 heteroatoms. The monoisotopic (exact) mass is 340 g/mol. The first kappa shape index (κ1) is 17.1. The standard InChI is InChI=1S/C18H24N6O/c1-11-5-7-20-15(9-11)22-14-6-8-24(10-14)17-12(2)13(3)21-16(23-17)18(25)19-4/h5,7,9,14H,6,8,10H2,1-4H3,(H,19,25)(H,20,22)/t14-/m1/s1. The van der Waals surface area contributed by atoms with Crippen molar-refractivity contribution >= 4 is 17.5 Å². The molecule has 1 fully saturated rings. The average Bonchev–Trinajstić information content (AvgIpc) is 3.04. The van der Waals surface area contributed by atoms with Gasteiger partial charge in [-0.3, -0.25) is 4.79 Å². The molecule has 1 atom stereocenters. The molecule has 2 N–H and O–H groups in total. The van der Waals surface area contributed by atoms with Crippen molar-refractivity contribution < 1.29 is 4.79 Å². The minimum atomic E-state index is -0.262. The lowest BCUT2D eigenvalue weighted by atomic mass is 10.2. The Morgan fingerprint density at radius 2 is 2.08 bits per heavy atom. The number of nitrogens with zero attached hydrogens (tertiary/aromatic N) is 4. The molecule has 0 aliphatic carbocycles. The zero-order valence-corrected chi connectivity index (χ0v) is 15.1. The topological polar surface area (TPSA) is 83.0 Å². The molecular weight excluding hydrogens is 316 g/mol. The van der Waals surface area contributed by atoms with Gasteiger partial charge in [0, 0.05) is 43.6 Å². The van der Waals surface area contributed by atoms with E-state index >= 15 is 0 Å². The van der Waals surface area contributed by atoms with Gasteiger partial charge in [0.2, 0.25) is 5.82 Å². The summed E-state index contributed by atoms with van der Waals surface area (Å²) in [5.41, 5.74) is 3.03. The molecule has 0 saturated carbocycles. The molecule has 3 rings (SSSR count). The first-order chi connectivity index (χ1) is 12.0. The molecule has 1 saturated heterocycles. The van der Waals surface area contributed by atoms with Crippen molar-refractivity contribution in [1.29, 1.82) is 0 Å². The van der Waals surface area contributed by atoms with E-state index in [4.69, 9.17) is 0 Å². The lowest BCUT2D eigenvalue weighted by Crippen LogP contribution is -2.29. The van der Waals surface area contributed by atoms with Gasteiger partial charge in [0.25, 0.3) is 5.91 Å². The van der Waals surface area contributed by atoms with Gasteiger partial charge < -0.3 is 15.5 Å². The van der Waals surface area contributed by atoms with Crippen LogP contribution in [-0.2, 0) is 0 Å². The Balaban J connectivity index is 1.77. The Labute approximate surface area is 147 Å². The molecule has 1 aliphatic rings. The van der Waals surface area contributed by atoms with E-state index < -0.39 is 0 Å². The van der Waals surface area contributed by atoms with E-state index in [1.54, 1.807) is 7.05 Å². The van der Waals surface area contributed by atoms with Gasteiger partial charge in [-0.15, -0.1) is 0 Å². The highest BCUT2D eigenvalue weighted by molar-refractivity contribution is 5.90. The summed E-state index contributed by atoms with van der Waals surface area (Å²) in [5, 5.41) is 6.08. The minimum absolute atomic E-state index is 0.220. The van der Waals surface area contributed by atoms with E-state index in [-0.39, 0.29) is 11.7 Å². The molecule has 0 aromatic carbocycles. The number of hydrogen-bond acceptors (Lipinski definition) is 6. The van der Waals surface area contributed by atoms with E-state index in [1.807, 2.05) is 32.2 Å². The SMILES string of the molecule is CNC(=O)c1nc(C)c(C)c(N2CC[C@@H](Nc3cc(C)ccn3)C2)n1. The number of carbonyl (C=O) groups is 1. The van der Waals surface area contributed by atoms with Gasteiger partial charge >= 0.3 is 0 Å². The number of nitrogens with one attached hydrogen (secondary N) is 2. The summed E-state index contributed by atoms with van der Waals surface area (Å²) in [5.74, 6) is 1.70. The second-order valence-electron chi connectivity index (χ2n) is 6.45. The van der Waals surface area contributed by atoms with E-state index in [1.165, 1.54) is 5.56 Å². The average molecular weight is 340 g/mol. The second-order valence-corrected chi connectivity index (χ2v) is 6.45. The third kappa shape index (κ3) is 3.70. The quantitative estimate of drug-likeness (QED) is 0.884. The maximum Gasteiger partial charge on any atom is 0.288 e. The van der Waals surface area contributed by atoms with Gasteiger partial charge in [0.15, 0.2) is 0 Å². The predicted molar refractivity (Wildman–Crippen MR) is 98.1 cm³/mol. The minimum Gasteiger partial charge on any atom is -0.365 e. The Hall–Kier alpha value is -2.70. The molecule has 0 spiro atoms. The number of rotatable bonds is 4. The van der Waals surface area contributed by atoms with Crippen molar-refractivity contribution in [2.45, 2.75) is 33.2 Å². The zero-order chi connectivity index (χ0) is 18.0. The Morgan fingerprint density at radius 3 is 2.80 bits per heavy atom. The van der Waals surface area contributed by atoms with Crippen LogP contribution in [0.1, 0.15) is 33.9 Å². The number of anilines is 2. The van der Waals surface area contributed by atoms with E-state index in [0.717, 1.165) is 42.4 Å². The van der Waals surface area contributed by atoms with Crippen molar-refractivity contribution in [3.8, 4) is 0 Å². The van der Waals surface area contributed by atoms with Gasteiger partial charge in [-0.2, -0.15) is 0 Å². The summed E-state index contributed by atoms with van der Waals surface area (Å²) >= 11 is 0. The zero-order valence-electron chi connectivity index (χ0n) is 15.1. The van der Waals surface area contributed by atoms with E-state index in [2.05, 4.69) is 37.4 Å². The predicted octanol–water partition coefficient (Wildman–Crippen LogP) is 1.85. The number of hydrogen-bond donors (Lipinski definition) is 2. The van der Waals surface area contributed by atoms with Crippen LogP contribution in [0.2, 0.25) is 0 Å². The smallest absolute Gasteiger partial charge is 0.288 e. The van der Waals surface area contributed by atoms with Gasteiger partial charge in [-0.25, -0.2) is 15.0 Å². The van der Waals surface area contributed by atoms with Gasteiger partial charge in [-0.1, -0.05) is 0 Å². The van der Waals surface area contributed by atoms with Crippen molar-refractivity contribution in [1.82, 2.24) is 20.3 Å². The lowest BCUT2D eigenvalue weighted by molar-refractivity contribution is 0.0952. The van der Waals surface area contributed by atoms with Crippen LogP contribution in [0.3, 0.4) is 0 Å². The highest BCUT2D eigenvalue weighted by Gasteiger charge is 2.26. The number of aryl methyl sites for hydroxylation is 2. The summed E-state index contributed by atoms with van der Waals surface area (Å²) in [6.45, 7) is 7.67. The molecule has 25 heavy (non-hydrogen) atoms. The van der Waals surface area contributed by atoms with Crippen molar-refractivity contribution in [3.63, 3.8) is 0 Å². The Morgan fingerprint density at radius 1 is 1.28 bits per heavy atom. The maximum absolute atomic E-state index is 11.9. The lowest BCUT2D eigenvalue weighted by Gasteiger charge is -2.21. The van der Waals surface area contributed by atoms with Crippen molar-refractivity contribution in [2.24, 2.45) is 0 Å². The van der Waals surface area contributed by atoms with Crippen LogP contribution in [0.4, 0.5) is 11.6 Å². The number of pyridine rings is 1. The van der Waals surface area contributed by atoms with Crippen LogP contribution in [-0.4, -0.2) is 47.0 Å². The van der Waals surface area contributed by atoms with Crippen LogP contribution in [0, 0.1) is 20.8 Å². The number of amides is 1. The fourth-order valence-corrected chi connectivity index (χ4v) is 3.03. The highest BCUT2D eigenvalue weighted by atomic mass is 16.2. The largest absolute Gasteiger partial charge is 0.365 e. The summed E-state index contributed by atoms with van der Waals surface area (Å²) < 4.78 is 0. The molecular formula is C18H24N6O. The van der Waals surface area contributed by atoms with Crippen LogP contribution in [0.25, 0.3) is 0 Å². The second kappa shape index (κ2) is 7.04. The molecule has 1 amide bonds. The van der Waals surface area contributed by atoms with Gasteiger partial charge in [0.1, 0.15) is 11.6 Å². The van der Waals surface area contributed by atoms with Crippen LogP contribution in [0.15, 0.2) is 18.3 Å². The summed E-state index contributed by atoms with van der Waals surface area (Å²) in [6, 6.07) is 4.33. The Bertz CT molecular complexity index is 791. The number of carbonyl (C=O) groups excluding carboxylic acids is 1. The fourth-order valence-electron chi connectivity index (χ4n) is 3.03.